The lowest BCUT2D eigenvalue weighted by atomic mass is 9.95. The lowest BCUT2D eigenvalue weighted by Gasteiger charge is -2.25. The molecular formula is C19H24N4S. The Morgan fingerprint density at radius 3 is 2.75 bits per heavy atom. The Labute approximate surface area is 148 Å². The first-order valence-corrected chi connectivity index (χ1v) is 9.26. The topological polar surface area (TPSA) is 33.1 Å². The average Bonchev–Trinajstić information content (AvgIpc) is 3.22. The molecule has 5 heteroatoms. The largest absolute Gasteiger partial charge is 0.352 e. The fourth-order valence-corrected chi connectivity index (χ4v) is 4.33. The van der Waals surface area contributed by atoms with E-state index in [0.717, 1.165) is 10.8 Å². The Morgan fingerprint density at radius 1 is 1.17 bits per heavy atom. The summed E-state index contributed by atoms with van der Waals surface area (Å²) >= 11 is 5.51. The van der Waals surface area contributed by atoms with E-state index in [1.165, 1.54) is 37.7 Å². The van der Waals surface area contributed by atoms with E-state index in [-0.39, 0.29) is 12.1 Å². The van der Waals surface area contributed by atoms with Crippen molar-refractivity contribution >= 4 is 17.3 Å². The first-order valence-electron chi connectivity index (χ1n) is 8.85. The van der Waals surface area contributed by atoms with Crippen molar-refractivity contribution in [2.75, 3.05) is 7.05 Å². The summed E-state index contributed by atoms with van der Waals surface area (Å²) in [5.74, 6) is 0. The van der Waals surface area contributed by atoms with Gasteiger partial charge in [0, 0.05) is 31.7 Å². The maximum Gasteiger partial charge on any atom is 0.169 e. The Kier molecular flexibility index (Phi) is 4.27. The van der Waals surface area contributed by atoms with E-state index < -0.39 is 0 Å². The first-order chi connectivity index (χ1) is 11.7. The molecule has 0 aromatic carbocycles. The van der Waals surface area contributed by atoms with Crippen LogP contribution in [0.4, 0.5) is 0 Å². The lowest BCUT2D eigenvalue weighted by Crippen LogP contribution is -2.24. The van der Waals surface area contributed by atoms with E-state index >= 15 is 0 Å². The molecule has 0 unspecified atom stereocenters. The third kappa shape index (κ3) is 2.81. The van der Waals surface area contributed by atoms with Crippen LogP contribution in [-0.2, 0) is 0 Å². The van der Waals surface area contributed by atoms with Gasteiger partial charge in [0.25, 0.3) is 0 Å². The number of likely N-dealkylation sites (N-methyl/N-ethyl adjacent to an activating group) is 1. The van der Waals surface area contributed by atoms with Gasteiger partial charge < -0.3 is 14.8 Å². The van der Waals surface area contributed by atoms with Crippen LogP contribution in [0.25, 0.3) is 0 Å². The van der Waals surface area contributed by atoms with E-state index in [9.17, 15) is 0 Å². The van der Waals surface area contributed by atoms with Gasteiger partial charge in [-0.2, -0.15) is 0 Å². The van der Waals surface area contributed by atoms with Crippen molar-refractivity contribution in [1.29, 1.82) is 0 Å². The van der Waals surface area contributed by atoms with Gasteiger partial charge in [-0.25, -0.2) is 0 Å². The molecule has 0 bridgehead atoms. The smallest absolute Gasteiger partial charge is 0.169 e. The van der Waals surface area contributed by atoms with Crippen molar-refractivity contribution in [3.05, 3.63) is 54.1 Å². The van der Waals surface area contributed by atoms with Gasteiger partial charge >= 0.3 is 0 Å². The summed E-state index contributed by atoms with van der Waals surface area (Å²) in [6.07, 6.45) is 13.1. The summed E-state index contributed by atoms with van der Waals surface area (Å²) in [6, 6.07) is 9.27. The van der Waals surface area contributed by atoms with Crippen LogP contribution in [0.5, 0.6) is 0 Å². The zero-order chi connectivity index (χ0) is 16.5. The molecule has 3 heterocycles. The number of hydrogen-bond acceptors (Lipinski definition) is 2. The van der Waals surface area contributed by atoms with Crippen molar-refractivity contribution in [2.45, 2.75) is 50.2 Å². The van der Waals surface area contributed by atoms with E-state index in [1.807, 2.05) is 18.3 Å². The van der Waals surface area contributed by atoms with Crippen LogP contribution in [0, 0.1) is 0 Å². The maximum absolute atomic E-state index is 5.51. The molecule has 2 fully saturated rings. The molecule has 4 nitrogen and oxygen atoms in total. The summed E-state index contributed by atoms with van der Waals surface area (Å²) in [6.45, 7) is 0. The maximum atomic E-state index is 5.51. The number of thiocarbonyl (C=S) groups is 1. The molecule has 24 heavy (non-hydrogen) atoms. The lowest BCUT2D eigenvalue weighted by molar-refractivity contribution is 0.347. The predicted molar refractivity (Wildman–Crippen MR) is 99.8 cm³/mol. The minimum atomic E-state index is 0.103. The van der Waals surface area contributed by atoms with Crippen LogP contribution in [0.2, 0.25) is 0 Å². The summed E-state index contributed by atoms with van der Waals surface area (Å²) in [5.41, 5.74) is 2.35. The fourth-order valence-electron chi connectivity index (χ4n) is 4.09. The normalized spacial score (nSPS) is 25.0. The standard InChI is InChI=1S/C19H24N4S/c1-22-18(17(21-19(22)24)16-9-5-6-11-20-16)14-10-12-23(13-14)15-7-3-2-4-8-15/h5-6,9-13,15,17-18H,2-4,7-8H2,1H3,(H,21,24)/t17-,18-/m1/s1. The Bertz CT molecular complexity index is 705. The van der Waals surface area contributed by atoms with Crippen molar-refractivity contribution in [1.82, 2.24) is 19.8 Å². The van der Waals surface area contributed by atoms with Crippen LogP contribution >= 0.6 is 12.2 Å². The van der Waals surface area contributed by atoms with Crippen LogP contribution in [-0.4, -0.2) is 26.6 Å². The highest BCUT2D eigenvalue weighted by Crippen LogP contribution is 2.38. The summed E-state index contributed by atoms with van der Waals surface area (Å²) in [4.78, 5) is 6.71. The quantitative estimate of drug-likeness (QED) is 0.857. The SMILES string of the molecule is CN1C(=S)N[C@H](c2ccccn2)[C@H]1c1ccn(C2CCCCC2)c1. The molecule has 126 valence electrons. The average molecular weight is 340 g/mol. The molecule has 2 aliphatic rings. The second-order valence-electron chi connectivity index (χ2n) is 6.92. The molecule has 2 aromatic rings. The van der Waals surface area contributed by atoms with Gasteiger partial charge in [0.15, 0.2) is 5.11 Å². The number of aromatic nitrogens is 2. The summed E-state index contributed by atoms with van der Waals surface area (Å²) < 4.78 is 2.42. The zero-order valence-corrected chi connectivity index (χ0v) is 14.9. The predicted octanol–water partition coefficient (Wildman–Crippen LogP) is 3.99. The second kappa shape index (κ2) is 6.55. The van der Waals surface area contributed by atoms with Gasteiger partial charge in [-0.15, -0.1) is 0 Å². The minimum absolute atomic E-state index is 0.103. The molecular weight excluding hydrogens is 316 g/mol. The molecule has 0 spiro atoms. The number of rotatable bonds is 3. The van der Waals surface area contributed by atoms with Crippen molar-refractivity contribution in [2.24, 2.45) is 0 Å². The molecule has 1 saturated heterocycles. The van der Waals surface area contributed by atoms with Gasteiger partial charge in [-0.1, -0.05) is 25.3 Å². The van der Waals surface area contributed by atoms with Gasteiger partial charge in [0.2, 0.25) is 0 Å². The highest BCUT2D eigenvalue weighted by Gasteiger charge is 2.38. The van der Waals surface area contributed by atoms with E-state index in [0.29, 0.717) is 6.04 Å². The Morgan fingerprint density at radius 2 is 2.00 bits per heavy atom. The number of hydrogen-bond donors (Lipinski definition) is 1. The minimum Gasteiger partial charge on any atom is -0.352 e. The zero-order valence-electron chi connectivity index (χ0n) is 14.1. The summed E-state index contributed by atoms with van der Waals surface area (Å²) in [7, 11) is 2.07. The third-order valence-electron chi connectivity index (χ3n) is 5.41. The van der Waals surface area contributed by atoms with Gasteiger partial charge in [-0.3, -0.25) is 4.98 Å². The summed E-state index contributed by atoms with van der Waals surface area (Å²) in [5, 5.41) is 4.24. The Balaban J connectivity index is 1.63. The molecule has 1 aliphatic heterocycles. The molecule has 1 saturated carbocycles. The fraction of sp³-hybridized carbons (Fsp3) is 0.474. The van der Waals surface area contributed by atoms with Crippen molar-refractivity contribution in [3.63, 3.8) is 0 Å². The van der Waals surface area contributed by atoms with E-state index in [1.54, 1.807) is 0 Å². The first kappa shape index (κ1) is 15.6. The molecule has 2 atom stereocenters. The van der Waals surface area contributed by atoms with Crippen molar-refractivity contribution < 1.29 is 0 Å². The van der Waals surface area contributed by atoms with Crippen LogP contribution in [0.1, 0.15) is 61.5 Å². The van der Waals surface area contributed by atoms with Crippen molar-refractivity contribution in [3.8, 4) is 0 Å². The highest BCUT2D eigenvalue weighted by atomic mass is 32.1. The number of nitrogens with zero attached hydrogens (tertiary/aromatic N) is 3. The molecule has 2 aromatic heterocycles. The molecule has 1 N–H and O–H groups in total. The molecule has 1 aliphatic carbocycles. The van der Waals surface area contributed by atoms with Gasteiger partial charge in [-0.05, 0) is 48.8 Å². The van der Waals surface area contributed by atoms with Crippen LogP contribution in [0.15, 0.2) is 42.9 Å². The number of pyridine rings is 1. The van der Waals surface area contributed by atoms with Crippen LogP contribution < -0.4 is 5.32 Å². The molecule has 4 rings (SSSR count). The van der Waals surface area contributed by atoms with Gasteiger partial charge in [0.05, 0.1) is 17.8 Å². The molecule has 0 radical (unpaired) electrons. The van der Waals surface area contributed by atoms with E-state index in [2.05, 4.69) is 51.3 Å². The number of nitrogens with one attached hydrogen (secondary N) is 1. The van der Waals surface area contributed by atoms with Gasteiger partial charge in [0.1, 0.15) is 0 Å². The Hall–Kier alpha value is -1.88. The van der Waals surface area contributed by atoms with Crippen LogP contribution in [0.3, 0.4) is 0 Å². The monoisotopic (exact) mass is 340 g/mol. The second-order valence-corrected chi connectivity index (χ2v) is 7.31. The third-order valence-corrected chi connectivity index (χ3v) is 5.82. The highest BCUT2D eigenvalue weighted by molar-refractivity contribution is 7.80. The molecule has 0 amide bonds. The van der Waals surface area contributed by atoms with E-state index in [4.69, 9.17) is 12.2 Å².